The number of hydrogen-bond acceptors (Lipinski definition) is 3. The number of hydroxylamine groups is 2. The molecule has 0 amide bonds. The van der Waals surface area contributed by atoms with Crippen LogP contribution in [0.2, 0.25) is 0 Å². The summed E-state index contributed by atoms with van der Waals surface area (Å²) < 4.78 is 0.358. The van der Waals surface area contributed by atoms with E-state index in [4.69, 9.17) is 17.1 Å². The molecule has 0 heterocycles. The molecule has 0 unspecified atom stereocenters. The maximum absolute atomic E-state index is 5.72. The SMILES string of the molecule is CCCCCCCCCCCCCCCCCN(CCCCCCCCCCCCCCCCC)OC(=S)S. The van der Waals surface area contributed by atoms with Crippen LogP contribution in [0.25, 0.3) is 0 Å². The number of thiol groups is 1. The molecule has 0 spiro atoms. The predicted octanol–water partition coefficient (Wildman–Crippen LogP) is 13.2. The Labute approximate surface area is 257 Å². The second-order valence-electron chi connectivity index (χ2n) is 12.2. The molecule has 0 aromatic rings. The summed E-state index contributed by atoms with van der Waals surface area (Å²) in [5.74, 6) is 0. The topological polar surface area (TPSA) is 12.5 Å². The van der Waals surface area contributed by atoms with Crippen LogP contribution in [0.3, 0.4) is 0 Å². The van der Waals surface area contributed by atoms with Gasteiger partial charge in [0.15, 0.2) is 0 Å². The Kier molecular flexibility index (Phi) is 34.6. The van der Waals surface area contributed by atoms with Crippen LogP contribution in [0.1, 0.15) is 206 Å². The van der Waals surface area contributed by atoms with Gasteiger partial charge in [0.25, 0.3) is 0 Å². The van der Waals surface area contributed by atoms with Crippen molar-refractivity contribution in [3.8, 4) is 0 Å². The first kappa shape index (κ1) is 39.2. The minimum atomic E-state index is 0.358. The summed E-state index contributed by atoms with van der Waals surface area (Å²) in [6.45, 7) is 6.56. The molecule has 0 saturated carbocycles. The Hall–Kier alpha value is 0.200. The van der Waals surface area contributed by atoms with Crippen LogP contribution in [0, 0.1) is 0 Å². The van der Waals surface area contributed by atoms with Crippen molar-refractivity contribution in [2.45, 2.75) is 206 Å². The molecule has 0 aromatic carbocycles. The number of hydrogen-bond donors (Lipinski definition) is 1. The highest BCUT2D eigenvalue weighted by atomic mass is 32.1. The van der Waals surface area contributed by atoms with Gasteiger partial charge < -0.3 is 4.84 Å². The molecule has 39 heavy (non-hydrogen) atoms. The van der Waals surface area contributed by atoms with Crippen molar-refractivity contribution in [3.63, 3.8) is 0 Å². The first-order chi connectivity index (χ1) is 19.2. The summed E-state index contributed by atoms with van der Waals surface area (Å²) in [7, 11) is 0. The van der Waals surface area contributed by atoms with Crippen molar-refractivity contribution >= 4 is 29.2 Å². The van der Waals surface area contributed by atoms with Crippen molar-refractivity contribution in [2.75, 3.05) is 13.1 Å². The van der Waals surface area contributed by atoms with Crippen molar-refractivity contribution in [1.82, 2.24) is 5.06 Å². The van der Waals surface area contributed by atoms with Crippen LogP contribution in [-0.2, 0) is 4.84 Å². The van der Waals surface area contributed by atoms with Crippen molar-refractivity contribution in [3.05, 3.63) is 0 Å². The quantitative estimate of drug-likeness (QED) is 0.0356. The van der Waals surface area contributed by atoms with Crippen molar-refractivity contribution in [2.24, 2.45) is 0 Å². The highest BCUT2D eigenvalue weighted by Gasteiger charge is 2.07. The first-order valence-corrected chi connectivity index (χ1v) is 18.7. The summed E-state index contributed by atoms with van der Waals surface area (Å²) >= 11 is 9.30. The van der Waals surface area contributed by atoms with E-state index in [1.807, 2.05) is 0 Å². The van der Waals surface area contributed by atoms with Gasteiger partial charge in [-0.25, -0.2) is 0 Å². The maximum Gasteiger partial charge on any atom is 0.241 e. The zero-order chi connectivity index (χ0) is 28.5. The molecule has 4 heteroatoms. The molecule has 0 rings (SSSR count). The predicted molar refractivity (Wildman–Crippen MR) is 184 cm³/mol. The van der Waals surface area contributed by atoms with Gasteiger partial charge >= 0.3 is 0 Å². The van der Waals surface area contributed by atoms with Gasteiger partial charge in [0.1, 0.15) is 0 Å². The molecule has 0 aliphatic heterocycles. The fraction of sp³-hybridized carbons (Fsp3) is 0.971. The van der Waals surface area contributed by atoms with E-state index in [9.17, 15) is 0 Å². The zero-order valence-electron chi connectivity index (χ0n) is 26.8. The van der Waals surface area contributed by atoms with E-state index in [1.165, 1.54) is 193 Å². The normalized spacial score (nSPS) is 11.5. The largest absolute Gasteiger partial charge is 0.387 e. The molecule has 0 radical (unpaired) electrons. The summed E-state index contributed by atoms with van der Waals surface area (Å²) in [4.78, 5) is 5.72. The van der Waals surface area contributed by atoms with E-state index in [-0.39, 0.29) is 0 Å². The Morgan fingerprint density at radius 3 is 0.821 bits per heavy atom. The molecule has 0 saturated heterocycles. The van der Waals surface area contributed by atoms with E-state index in [0.29, 0.717) is 4.38 Å². The maximum atomic E-state index is 5.72. The van der Waals surface area contributed by atoms with E-state index < -0.39 is 0 Å². The van der Waals surface area contributed by atoms with Crippen LogP contribution < -0.4 is 0 Å². The van der Waals surface area contributed by atoms with Crippen LogP contribution in [-0.4, -0.2) is 22.5 Å². The molecule has 0 bridgehead atoms. The Morgan fingerprint density at radius 1 is 0.410 bits per heavy atom. The number of rotatable bonds is 33. The third-order valence-corrected chi connectivity index (χ3v) is 8.39. The summed E-state index contributed by atoms with van der Waals surface area (Å²) in [6.07, 6.45) is 42.0. The number of thiocarbonyl (C=S) groups is 1. The summed E-state index contributed by atoms with van der Waals surface area (Å²) in [5, 5.41) is 2.07. The zero-order valence-corrected chi connectivity index (χ0v) is 28.5. The molecule has 0 aliphatic carbocycles. The van der Waals surface area contributed by atoms with Crippen LogP contribution in [0.5, 0.6) is 0 Å². The lowest BCUT2D eigenvalue weighted by Crippen LogP contribution is -2.27. The van der Waals surface area contributed by atoms with Crippen LogP contribution in [0.15, 0.2) is 0 Å². The molecule has 0 fully saturated rings. The molecule has 0 aliphatic rings. The summed E-state index contributed by atoms with van der Waals surface area (Å²) in [5.41, 5.74) is 0. The van der Waals surface area contributed by atoms with Gasteiger partial charge in [-0.2, -0.15) is 0 Å². The first-order valence-electron chi connectivity index (χ1n) is 17.9. The van der Waals surface area contributed by atoms with Gasteiger partial charge in [0, 0.05) is 13.1 Å². The lowest BCUT2D eigenvalue weighted by Gasteiger charge is -2.21. The van der Waals surface area contributed by atoms with Crippen LogP contribution >= 0.6 is 24.8 Å². The average Bonchev–Trinajstić information content (AvgIpc) is 2.92. The van der Waals surface area contributed by atoms with Gasteiger partial charge in [-0.15, -0.1) is 5.06 Å². The minimum absolute atomic E-state index is 0.358. The lowest BCUT2D eigenvalue weighted by molar-refractivity contribution is -0.0676. The molecule has 0 atom stereocenters. The van der Waals surface area contributed by atoms with Gasteiger partial charge in [-0.05, 0) is 25.1 Å². The van der Waals surface area contributed by atoms with E-state index in [1.54, 1.807) is 0 Å². The number of nitrogens with zero attached hydrogens (tertiary/aromatic N) is 1. The number of unbranched alkanes of at least 4 members (excludes halogenated alkanes) is 28. The fourth-order valence-electron chi connectivity index (χ4n) is 5.63. The molecule has 0 aromatic heterocycles. The Morgan fingerprint density at radius 2 is 0.615 bits per heavy atom. The lowest BCUT2D eigenvalue weighted by atomic mass is 10.0. The van der Waals surface area contributed by atoms with Gasteiger partial charge in [-0.1, -0.05) is 206 Å². The second-order valence-corrected chi connectivity index (χ2v) is 13.3. The van der Waals surface area contributed by atoms with E-state index >= 15 is 0 Å². The third kappa shape index (κ3) is 34.3. The smallest absolute Gasteiger partial charge is 0.241 e. The van der Waals surface area contributed by atoms with Crippen LogP contribution in [0.4, 0.5) is 0 Å². The van der Waals surface area contributed by atoms with Gasteiger partial charge in [0.2, 0.25) is 4.38 Å². The second kappa shape index (κ2) is 34.4. The monoisotopic (exact) mass is 585 g/mol. The summed E-state index contributed by atoms with van der Waals surface area (Å²) in [6, 6.07) is 0. The highest BCUT2D eigenvalue weighted by molar-refractivity contribution is 8.10. The van der Waals surface area contributed by atoms with E-state index in [2.05, 4.69) is 31.5 Å². The molecule has 234 valence electrons. The molecular formula is C35H71NOS2. The fourth-order valence-corrected chi connectivity index (χ4v) is 5.85. The minimum Gasteiger partial charge on any atom is -0.387 e. The van der Waals surface area contributed by atoms with Crippen molar-refractivity contribution < 1.29 is 4.84 Å². The standard InChI is InChI=1S/C35H71NOS2/c1-3-5-7-9-11-13-15-17-19-21-23-25-27-29-31-33-36(37-35(38)39)34-32-30-28-26-24-22-20-18-16-14-12-10-8-6-4-2/h3-34H2,1-2H3,(H,38,39). The Balaban J connectivity index is 3.48. The highest BCUT2D eigenvalue weighted by Crippen LogP contribution is 2.15. The van der Waals surface area contributed by atoms with Gasteiger partial charge in [-0.3, -0.25) is 0 Å². The molecular weight excluding hydrogens is 515 g/mol. The molecule has 0 N–H and O–H groups in total. The van der Waals surface area contributed by atoms with E-state index in [0.717, 1.165) is 13.1 Å². The van der Waals surface area contributed by atoms with Gasteiger partial charge in [0.05, 0.1) is 0 Å². The van der Waals surface area contributed by atoms with Crippen molar-refractivity contribution in [1.29, 1.82) is 0 Å². The molecule has 2 nitrogen and oxygen atoms in total. The Bertz CT molecular complexity index is 440. The third-order valence-electron chi connectivity index (χ3n) is 8.23. The average molecular weight is 586 g/mol.